The average molecular weight is 354 g/mol. The first-order valence-electron chi connectivity index (χ1n) is 5.36. The molecule has 1 heterocycles. The van der Waals surface area contributed by atoms with E-state index in [2.05, 4.69) is 22.5 Å². The molecule has 0 aliphatic rings. The molecule has 0 aliphatic heterocycles. The van der Waals surface area contributed by atoms with E-state index in [0.29, 0.717) is 21.8 Å². The summed E-state index contributed by atoms with van der Waals surface area (Å²) in [6, 6.07) is 1.51. The standard InChI is InChI=1S/C11H16BrNO3S2/c1-4-13(6-8(2)3)18(15,16)10-5-9(7-14)17-11(10)12/h5,14H,2,4,6-7H2,1,3H3. The third-order valence-corrected chi connectivity index (χ3v) is 6.44. The number of sulfonamides is 1. The van der Waals surface area contributed by atoms with E-state index in [1.165, 1.54) is 21.7 Å². The van der Waals surface area contributed by atoms with E-state index in [-0.39, 0.29) is 11.5 Å². The first-order chi connectivity index (χ1) is 8.32. The van der Waals surface area contributed by atoms with Crippen LogP contribution >= 0.6 is 27.3 Å². The molecule has 0 saturated carbocycles. The van der Waals surface area contributed by atoms with Crippen molar-refractivity contribution in [3.63, 3.8) is 0 Å². The van der Waals surface area contributed by atoms with E-state index in [9.17, 15) is 8.42 Å². The molecule has 0 bridgehead atoms. The van der Waals surface area contributed by atoms with E-state index < -0.39 is 10.0 Å². The molecule has 1 rings (SSSR count). The maximum Gasteiger partial charge on any atom is 0.245 e. The quantitative estimate of drug-likeness (QED) is 0.799. The Labute approximate surface area is 120 Å². The topological polar surface area (TPSA) is 57.6 Å². The Kier molecular flexibility index (Phi) is 5.54. The van der Waals surface area contributed by atoms with Gasteiger partial charge in [-0.3, -0.25) is 0 Å². The van der Waals surface area contributed by atoms with E-state index in [1.807, 2.05) is 0 Å². The third-order valence-electron chi connectivity index (χ3n) is 2.28. The van der Waals surface area contributed by atoms with Crippen LogP contribution in [0.25, 0.3) is 0 Å². The van der Waals surface area contributed by atoms with Crippen LogP contribution in [0.15, 0.2) is 26.9 Å². The second-order valence-electron chi connectivity index (χ2n) is 3.90. The van der Waals surface area contributed by atoms with E-state index in [4.69, 9.17) is 5.11 Å². The zero-order valence-corrected chi connectivity index (χ0v) is 13.5. The fourth-order valence-corrected chi connectivity index (χ4v) is 5.46. The van der Waals surface area contributed by atoms with Crippen LogP contribution < -0.4 is 0 Å². The molecule has 0 atom stereocenters. The van der Waals surface area contributed by atoms with E-state index in [0.717, 1.165) is 5.57 Å². The number of aliphatic hydroxyl groups excluding tert-OH is 1. The monoisotopic (exact) mass is 353 g/mol. The van der Waals surface area contributed by atoms with Crippen molar-refractivity contribution in [3.8, 4) is 0 Å². The molecule has 18 heavy (non-hydrogen) atoms. The van der Waals surface area contributed by atoms with Crippen LogP contribution in [0.3, 0.4) is 0 Å². The molecule has 1 aromatic heterocycles. The van der Waals surface area contributed by atoms with Crippen LogP contribution in [0.1, 0.15) is 18.7 Å². The van der Waals surface area contributed by atoms with Gasteiger partial charge in [0, 0.05) is 18.0 Å². The van der Waals surface area contributed by atoms with Gasteiger partial charge < -0.3 is 5.11 Å². The summed E-state index contributed by atoms with van der Waals surface area (Å²) in [7, 11) is -3.54. The van der Waals surface area contributed by atoms with Gasteiger partial charge in [0.05, 0.1) is 10.4 Å². The Morgan fingerprint density at radius 2 is 2.22 bits per heavy atom. The molecule has 4 nitrogen and oxygen atoms in total. The highest BCUT2D eigenvalue weighted by Gasteiger charge is 2.27. The Hall–Kier alpha value is -0.210. The summed E-state index contributed by atoms with van der Waals surface area (Å²) >= 11 is 4.46. The van der Waals surface area contributed by atoms with Crippen LogP contribution in [-0.2, 0) is 16.6 Å². The zero-order valence-electron chi connectivity index (χ0n) is 10.3. The molecule has 0 aromatic carbocycles. The highest BCUT2D eigenvalue weighted by molar-refractivity contribution is 9.11. The Morgan fingerprint density at radius 3 is 2.61 bits per heavy atom. The molecule has 0 aliphatic carbocycles. The molecule has 0 unspecified atom stereocenters. The van der Waals surface area contributed by atoms with Gasteiger partial charge >= 0.3 is 0 Å². The number of thiophene rings is 1. The number of halogens is 1. The van der Waals surface area contributed by atoms with Crippen LogP contribution in [0.5, 0.6) is 0 Å². The smallest absolute Gasteiger partial charge is 0.245 e. The van der Waals surface area contributed by atoms with Crippen molar-refractivity contribution in [2.45, 2.75) is 25.3 Å². The largest absolute Gasteiger partial charge is 0.391 e. The molecule has 0 fully saturated rings. The van der Waals surface area contributed by atoms with Gasteiger partial charge in [-0.15, -0.1) is 11.3 Å². The first-order valence-corrected chi connectivity index (χ1v) is 8.41. The van der Waals surface area contributed by atoms with Crippen LogP contribution in [-0.4, -0.2) is 30.9 Å². The molecule has 0 spiro atoms. The second kappa shape index (κ2) is 6.29. The summed E-state index contributed by atoms with van der Waals surface area (Å²) < 4.78 is 26.7. The van der Waals surface area contributed by atoms with Crippen molar-refractivity contribution in [1.82, 2.24) is 4.31 Å². The lowest BCUT2D eigenvalue weighted by Crippen LogP contribution is -2.32. The molecule has 102 valence electrons. The lowest BCUT2D eigenvalue weighted by Gasteiger charge is -2.20. The minimum atomic E-state index is -3.54. The number of aliphatic hydroxyl groups is 1. The normalized spacial score (nSPS) is 12.1. The number of hydrogen-bond acceptors (Lipinski definition) is 4. The predicted molar refractivity (Wildman–Crippen MR) is 77.2 cm³/mol. The number of rotatable bonds is 6. The predicted octanol–water partition coefficient (Wildman–Crippen LogP) is 2.59. The third kappa shape index (κ3) is 3.42. The minimum absolute atomic E-state index is 0.161. The van der Waals surface area contributed by atoms with E-state index in [1.54, 1.807) is 13.8 Å². The van der Waals surface area contributed by atoms with Gasteiger partial charge in [-0.25, -0.2) is 8.42 Å². The summed E-state index contributed by atoms with van der Waals surface area (Å²) in [6.07, 6.45) is 0. The SMILES string of the molecule is C=C(C)CN(CC)S(=O)(=O)c1cc(CO)sc1Br. The van der Waals surface area contributed by atoms with Crippen LogP contribution in [0.4, 0.5) is 0 Å². The van der Waals surface area contributed by atoms with Crippen molar-refractivity contribution in [2.24, 2.45) is 0 Å². The van der Waals surface area contributed by atoms with Crippen molar-refractivity contribution in [2.75, 3.05) is 13.1 Å². The molecular formula is C11H16BrNO3S2. The number of likely N-dealkylation sites (N-methyl/N-ethyl adjacent to an activating group) is 1. The fraction of sp³-hybridized carbons (Fsp3) is 0.455. The van der Waals surface area contributed by atoms with Crippen molar-refractivity contribution in [1.29, 1.82) is 0 Å². The van der Waals surface area contributed by atoms with Gasteiger partial charge in [0.1, 0.15) is 4.90 Å². The fourth-order valence-electron chi connectivity index (χ4n) is 1.46. The van der Waals surface area contributed by atoms with Gasteiger partial charge in [0.15, 0.2) is 0 Å². The molecule has 7 heteroatoms. The molecule has 0 radical (unpaired) electrons. The number of nitrogens with zero attached hydrogens (tertiary/aromatic N) is 1. The Bertz CT molecular complexity index is 536. The zero-order chi connectivity index (χ0) is 13.9. The second-order valence-corrected chi connectivity index (χ2v) is 8.26. The lowest BCUT2D eigenvalue weighted by atomic mass is 10.3. The van der Waals surface area contributed by atoms with Crippen molar-refractivity contribution >= 4 is 37.3 Å². The lowest BCUT2D eigenvalue weighted by molar-refractivity contribution is 0.285. The van der Waals surface area contributed by atoms with E-state index >= 15 is 0 Å². The Morgan fingerprint density at radius 1 is 1.61 bits per heavy atom. The van der Waals surface area contributed by atoms with Crippen LogP contribution in [0, 0.1) is 0 Å². The van der Waals surface area contributed by atoms with Crippen molar-refractivity contribution < 1.29 is 13.5 Å². The van der Waals surface area contributed by atoms with Gasteiger partial charge in [0.2, 0.25) is 10.0 Å². The maximum atomic E-state index is 12.4. The van der Waals surface area contributed by atoms with Crippen molar-refractivity contribution in [3.05, 3.63) is 26.9 Å². The highest BCUT2D eigenvalue weighted by Crippen LogP contribution is 2.33. The molecule has 1 aromatic rings. The minimum Gasteiger partial charge on any atom is -0.391 e. The van der Waals surface area contributed by atoms with Gasteiger partial charge in [-0.1, -0.05) is 19.1 Å². The summed E-state index contributed by atoms with van der Waals surface area (Å²) in [6.45, 7) is 7.84. The molecule has 1 N–H and O–H groups in total. The molecule has 0 amide bonds. The summed E-state index contributed by atoms with van der Waals surface area (Å²) in [4.78, 5) is 0.825. The first kappa shape index (κ1) is 15.8. The number of hydrogen-bond donors (Lipinski definition) is 1. The van der Waals surface area contributed by atoms with Gasteiger partial charge in [0.25, 0.3) is 0 Å². The van der Waals surface area contributed by atoms with Gasteiger partial charge in [-0.2, -0.15) is 4.31 Å². The van der Waals surface area contributed by atoms with Crippen LogP contribution in [0.2, 0.25) is 0 Å². The Balaban J connectivity index is 3.18. The van der Waals surface area contributed by atoms with Gasteiger partial charge in [-0.05, 0) is 28.9 Å². The average Bonchev–Trinajstić information content (AvgIpc) is 2.67. The highest BCUT2D eigenvalue weighted by atomic mass is 79.9. The summed E-state index contributed by atoms with van der Waals surface area (Å²) in [5.74, 6) is 0. The summed E-state index contributed by atoms with van der Waals surface area (Å²) in [5.41, 5.74) is 0.786. The molecular weight excluding hydrogens is 338 g/mol. The molecule has 0 saturated heterocycles. The maximum absolute atomic E-state index is 12.4. The summed E-state index contributed by atoms with van der Waals surface area (Å²) in [5, 5.41) is 9.05.